The van der Waals surface area contributed by atoms with E-state index in [0.717, 1.165) is 18.8 Å². The number of hydrogen-bond acceptors (Lipinski definition) is 3. The molecule has 0 atom stereocenters. The topological polar surface area (TPSA) is 55.3 Å². The molecule has 0 amide bonds. The zero-order valence-corrected chi connectivity index (χ0v) is 7.02. The van der Waals surface area contributed by atoms with Crippen LogP contribution in [-0.4, -0.2) is 18.0 Å². The van der Waals surface area contributed by atoms with Crippen molar-refractivity contribution in [3.05, 3.63) is 11.5 Å². The summed E-state index contributed by atoms with van der Waals surface area (Å²) in [6.07, 6.45) is 0. The van der Waals surface area contributed by atoms with Crippen molar-refractivity contribution in [3.8, 4) is 0 Å². The van der Waals surface area contributed by atoms with E-state index < -0.39 is 0 Å². The Morgan fingerprint density at radius 2 is 1.60 bits per heavy atom. The Bertz CT molecular complexity index is 121. The molecule has 0 aromatic rings. The minimum absolute atomic E-state index is 0.420. The van der Waals surface area contributed by atoms with Crippen LogP contribution in [0.5, 0.6) is 0 Å². The Morgan fingerprint density at radius 1 is 1.20 bits per heavy atom. The fourth-order valence-electron chi connectivity index (χ4n) is 0.881. The van der Waals surface area contributed by atoms with Gasteiger partial charge in [-0.05, 0) is 20.8 Å². The minimum Gasteiger partial charge on any atom is -0.384 e. The average molecular weight is 143 g/mol. The summed E-state index contributed by atoms with van der Waals surface area (Å²) in [6, 6.07) is 0. The summed E-state index contributed by atoms with van der Waals surface area (Å²) < 4.78 is 0. The van der Waals surface area contributed by atoms with Crippen molar-refractivity contribution in [2.75, 3.05) is 13.1 Å². The first kappa shape index (κ1) is 9.14. The third-order valence-corrected chi connectivity index (χ3v) is 1.66. The number of nitrogens with zero attached hydrogens (tertiary/aromatic N) is 1. The molecule has 0 fully saturated rings. The molecule has 0 saturated heterocycles. The molecule has 3 nitrogen and oxygen atoms in total. The molecule has 10 heavy (non-hydrogen) atoms. The van der Waals surface area contributed by atoms with Crippen molar-refractivity contribution in [1.29, 1.82) is 0 Å². The zero-order valence-electron chi connectivity index (χ0n) is 7.02. The van der Waals surface area contributed by atoms with E-state index in [0.29, 0.717) is 5.82 Å². The van der Waals surface area contributed by atoms with Gasteiger partial charge in [-0.2, -0.15) is 0 Å². The second-order valence-corrected chi connectivity index (χ2v) is 2.21. The van der Waals surface area contributed by atoms with Crippen LogP contribution in [0.1, 0.15) is 20.8 Å². The molecule has 0 radical (unpaired) electrons. The summed E-state index contributed by atoms with van der Waals surface area (Å²) in [5, 5.41) is 0. The van der Waals surface area contributed by atoms with E-state index in [1.165, 1.54) is 0 Å². The van der Waals surface area contributed by atoms with Crippen LogP contribution >= 0.6 is 0 Å². The summed E-state index contributed by atoms with van der Waals surface area (Å²) in [6.45, 7) is 8.01. The lowest BCUT2D eigenvalue weighted by Gasteiger charge is -2.21. The Balaban J connectivity index is 4.15. The fourth-order valence-corrected chi connectivity index (χ4v) is 0.881. The molecule has 0 unspecified atom stereocenters. The van der Waals surface area contributed by atoms with Crippen molar-refractivity contribution >= 4 is 0 Å². The van der Waals surface area contributed by atoms with Crippen molar-refractivity contribution in [1.82, 2.24) is 4.90 Å². The number of rotatable bonds is 3. The van der Waals surface area contributed by atoms with Crippen molar-refractivity contribution < 1.29 is 0 Å². The summed E-state index contributed by atoms with van der Waals surface area (Å²) >= 11 is 0. The monoisotopic (exact) mass is 143 g/mol. The van der Waals surface area contributed by atoms with Gasteiger partial charge >= 0.3 is 0 Å². The van der Waals surface area contributed by atoms with Gasteiger partial charge in [-0.25, -0.2) is 0 Å². The molecule has 0 aliphatic heterocycles. The van der Waals surface area contributed by atoms with Gasteiger partial charge in [-0.1, -0.05) is 0 Å². The first-order chi connectivity index (χ1) is 4.63. The van der Waals surface area contributed by atoms with Gasteiger partial charge in [0.1, 0.15) is 5.82 Å². The highest BCUT2D eigenvalue weighted by Crippen LogP contribution is 2.01. The van der Waals surface area contributed by atoms with Gasteiger partial charge in [-0.15, -0.1) is 0 Å². The molecule has 60 valence electrons. The smallest absolute Gasteiger partial charge is 0.113 e. The quantitative estimate of drug-likeness (QED) is 0.602. The molecule has 0 rings (SSSR count). The highest BCUT2D eigenvalue weighted by molar-refractivity contribution is 5.02. The summed E-state index contributed by atoms with van der Waals surface area (Å²) in [4.78, 5) is 2.12. The normalized spacial score (nSPS) is 9.10. The van der Waals surface area contributed by atoms with Crippen LogP contribution in [-0.2, 0) is 0 Å². The Morgan fingerprint density at radius 3 is 1.70 bits per heavy atom. The SMILES string of the molecule is CCN(CC)C(C)=C(N)N. The first-order valence-corrected chi connectivity index (χ1v) is 3.60. The highest BCUT2D eigenvalue weighted by Gasteiger charge is 2.00. The minimum atomic E-state index is 0.420. The lowest BCUT2D eigenvalue weighted by atomic mass is 10.4. The number of hydrogen-bond donors (Lipinski definition) is 2. The van der Waals surface area contributed by atoms with Gasteiger partial charge in [0.15, 0.2) is 0 Å². The summed E-state index contributed by atoms with van der Waals surface area (Å²) in [7, 11) is 0. The number of nitrogens with two attached hydrogens (primary N) is 2. The Hall–Kier alpha value is -0.860. The van der Waals surface area contributed by atoms with E-state index in [4.69, 9.17) is 11.5 Å². The first-order valence-electron chi connectivity index (χ1n) is 3.60. The van der Waals surface area contributed by atoms with Crippen LogP contribution in [0.2, 0.25) is 0 Å². The standard InChI is InChI=1S/C7H17N3/c1-4-10(5-2)6(3)7(8)9/h4-5,8-9H2,1-3H3. The Labute approximate surface area is 62.7 Å². The third-order valence-electron chi connectivity index (χ3n) is 1.66. The second kappa shape index (κ2) is 4.04. The average Bonchev–Trinajstić information content (AvgIpc) is 1.90. The van der Waals surface area contributed by atoms with Crippen LogP contribution < -0.4 is 11.5 Å². The van der Waals surface area contributed by atoms with Gasteiger partial charge in [0, 0.05) is 13.1 Å². The molecule has 0 aromatic heterocycles. The molecular weight excluding hydrogens is 126 g/mol. The second-order valence-electron chi connectivity index (χ2n) is 2.21. The van der Waals surface area contributed by atoms with E-state index in [-0.39, 0.29) is 0 Å². The summed E-state index contributed by atoms with van der Waals surface area (Å²) in [5.74, 6) is 0.420. The molecular formula is C7H17N3. The maximum Gasteiger partial charge on any atom is 0.113 e. The molecule has 0 aliphatic carbocycles. The molecule has 0 aromatic carbocycles. The highest BCUT2D eigenvalue weighted by atomic mass is 15.1. The van der Waals surface area contributed by atoms with Crippen LogP contribution in [0.3, 0.4) is 0 Å². The van der Waals surface area contributed by atoms with Crippen LogP contribution in [0.15, 0.2) is 11.5 Å². The largest absolute Gasteiger partial charge is 0.384 e. The van der Waals surface area contributed by atoms with Gasteiger partial charge in [0.2, 0.25) is 0 Å². The number of allylic oxidation sites excluding steroid dienone is 1. The zero-order chi connectivity index (χ0) is 8.15. The molecule has 0 aliphatic rings. The van der Waals surface area contributed by atoms with E-state index in [9.17, 15) is 0 Å². The van der Waals surface area contributed by atoms with E-state index >= 15 is 0 Å². The van der Waals surface area contributed by atoms with Crippen LogP contribution in [0.4, 0.5) is 0 Å². The van der Waals surface area contributed by atoms with E-state index in [2.05, 4.69) is 18.7 Å². The fraction of sp³-hybridized carbons (Fsp3) is 0.714. The van der Waals surface area contributed by atoms with Crippen molar-refractivity contribution in [2.45, 2.75) is 20.8 Å². The maximum absolute atomic E-state index is 5.40. The van der Waals surface area contributed by atoms with Gasteiger partial charge in [0.25, 0.3) is 0 Å². The Kier molecular flexibility index (Phi) is 3.69. The van der Waals surface area contributed by atoms with Crippen LogP contribution in [0.25, 0.3) is 0 Å². The molecule has 0 spiro atoms. The lowest BCUT2D eigenvalue weighted by molar-refractivity contribution is 0.378. The van der Waals surface area contributed by atoms with E-state index in [1.807, 2.05) is 6.92 Å². The predicted molar refractivity (Wildman–Crippen MR) is 44.0 cm³/mol. The summed E-state index contributed by atoms with van der Waals surface area (Å²) in [5.41, 5.74) is 11.8. The predicted octanol–water partition coefficient (Wildman–Crippen LogP) is 0.435. The molecule has 3 heteroatoms. The molecule has 0 heterocycles. The van der Waals surface area contributed by atoms with E-state index in [1.54, 1.807) is 0 Å². The van der Waals surface area contributed by atoms with Crippen molar-refractivity contribution in [3.63, 3.8) is 0 Å². The van der Waals surface area contributed by atoms with Gasteiger partial charge in [0.05, 0.1) is 5.70 Å². The molecule has 0 bridgehead atoms. The van der Waals surface area contributed by atoms with Gasteiger partial charge < -0.3 is 16.4 Å². The van der Waals surface area contributed by atoms with Crippen LogP contribution in [0, 0.1) is 0 Å². The van der Waals surface area contributed by atoms with Gasteiger partial charge in [-0.3, -0.25) is 0 Å². The maximum atomic E-state index is 5.40. The molecule has 4 N–H and O–H groups in total. The van der Waals surface area contributed by atoms with Crippen molar-refractivity contribution in [2.24, 2.45) is 11.5 Å². The third kappa shape index (κ3) is 2.17. The molecule has 0 saturated carbocycles. The lowest BCUT2D eigenvalue weighted by Crippen LogP contribution is -2.26.